The molecule has 0 radical (unpaired) electrons. The normalized spacial score (nSPS) is 9.43. The van der Waals surface area contributed by atoms with Gasteiger partial charge in [0.2, 0.25) is 0 Å². The van der Waals surface area contributed by atoms with Crippen LogP contribution in [0.3, 0.4) is 0 Å². The smallest absolute Gasteiger partial charge is 0.0602 e. The van der Waals surface area contributed by atoms with Crippen LogP contribution in [0.15, 0.2) is 0 Å². The number of hydrogen-bond donors (Lipinski definition) is 1. The summed E-state index contributed by atoms with van der Waals surface area (Å²) >= 11 is 5.27. The zero-order chi connectivity index (χ0) is 5.54. The molecule has 7 heavy (non-hydrogen) atoms. The molecule has 44 valence electrons. The summed E-state index contributed by atoms with van der Waals surface area (Å²) in [5.41, 5.74) is 5.10. The molecule has 0 aliphatic heterocycles. The third-order valence-corrected chi connectivity index (χ3v) is 0.638. The minimum Gasteiger partial charge on any atom is -0.379 e. The van der Waals surface area contributed by atoms with Gasteiger partial charge in [0.1, 0.15) is 0 Å². The maximum absolute atomic E-state index is 5.27. The lowest BCUT2D eigenvalue weighted by Crippen LogP contribution is -2.09. The molecule has 0 saturated heterocycles. The molecule has 0 unspecified atom stereocenters. The maximum atomic E-state index is 5.27. The van der Waals surface area contributed by atoms with Crippen molar-refractivity contribution >= 4 is 11.6 Å². The Labute approximate surface area is 48.6 Å². The summed E-state index contributed by atoms with van der Waals surface area (Å²) in [6.45, 7) is 1.81. The number of halogens is 1. The third kappa shape index (κ3) is 6.21. The van der Waals surface area contributed by atoms with Gasteiger partial charge in [-0.2, -0.15) is 0 Å². The van der Waals surface area contributed by atoms with Crippen molar-refractivity contribution in [2.75, 3.05) is 25.6 Å². The van der Waals surface area contributed by atoms with E-state index in [0.29, 0.717) is 25.6 Å². The van der Waals surface area contributed by atoms with Crippen LogP contribution in [0.5, 0.6) is 0 Å². The average molecular weight is 124 g/mol. The van der Waals surface area contributed by atoms with Crippen molar-refractivity contribution < 1.29 is 4.74 Å². The van der Waals surface area contributed by atoms with Crippen molar-refractivity contribution in [1.82, 2.24) is 0 Å². The summed E-state index contributed by atoms with van der Waals surface area (Å²) in [7, 11) is 0. The molecule has 0 aliphatic carbocycles. The molecule has 0 rings (SSSR count). The Morgan fingerprint density at radius 2 is 2.14 bits per heavy atom. The zero-order valence-corrected chi connectivity index (χ0v) is 4.95. The molecule has 2 N–H and O–H groups in total. The first-order valence-electron chi connectivity index (χ1n) is 2.25. The highest BCUT2D eigenvalue weighted by atomic mass is 35.5. The molecule has 0 bridgehead atoms. The quantitative estimate of drug-likeness (QED) is 0.428. The third-order valence-electron chi connectivity index (χ3n) is 0.484. The van der Waals surface area contributed by atoms with Gasteiger partial charge in [0.05, 0.1) is 13.2 Å². The average Bonchev–Trinajstić information content (AvgIpc) is 1.69. The summed E-state index contributed by atoms with van der Waals surface area (Å²) in [6.07, 6.45) is 0. The summed E-state index contributed by atoms with van der Waals surface area (Å²) in [6, 6.07) is 0. The maximum Gasteiger partial charge on any atom is 0.0602 e. The Kier molecular flexibility index (Phi) is 6.40. The number of nitrogens with two attached hydrogens (primary N) is 1. The molecule has 0 aromatic carbocycles. The lowest BCUT2D eigenvalue weighted by Gasteiger charge is -1.94. The number of hydrogen-bond acceptors (Lipinski definition) is 2. The second-order valence-electron chi connectivity index (χ2n) is 1.09. The Morgan fingerprint density at radius 3 is 2.57 bits per heavy atom. The molecule has 3 heteroatoms. The second-order valence-corrected chi connectivity index (χ2v) is 1.47. The molecule has 0 heterocycles. The van der Waals surface area contributed by atoms with Crippen molar-refractivity contribution in [2.24, 2.45) is 5.73 Å². The molecule has 0 fully saturated rings. The van der Waals surface area contributed by atoms with Crippen molar-refractivity contribution in [1.29, 1.82) is 0 Å². The van der Waals surface area contributed by atoms with Crippen LogP contribution < -0.4 is 5.73 Å². The van der Waals surface area contributed by atoms with E-state index in [4.69, 9.17) is 22.1 Å². The van der Waals surface area contributed by atoms with Crippen molar-refractivity contribution in [3.63, 3.8) is 0 Å². The monoisotopic (exact) mass is 123 g/mol. The lowest BCUT2D eigenvalue weighted by molar-refractivity contribution is 0.157. The van der Waals surface area contributed by atoms with E-state index in [0.717, 1.165) is 0 Å². The van der Waals surface area contributed by atoms with Gasteiger partial charge in [-0.1, -0.05) is 0 Å². The number of ether oxygens (including phenoxy) is 1. The molecule has 2 nitrogen and oxygen atoms in total. The van der Waals surface area contributed by atoms with Gasteiger partial charge in [0.15, 0.2) is 0 Å². The minimum atomic E-state index is 0.556. The Hall–Kier alpha value is 0.210. The van der Waals surface area contributed by atoms with E-state index in [1.165, 1.54) is 0 Å². The zero-order valence-electron chi connectivity index (χ0n) is 4.19. The summed E-state index contributed by atoms with van der Waals surface area (Å²) in [4.78, 5) is 0. The molecule has 0 aromatic rings. The van der Waals surface area contributed by atoms with Crippen LogP contribution in [0.4, 0.5) is 0 Å². The molecular formula is C4H10ClNO. The van der Waals surface area contributed by atoms with Gasteiger partial charge in [-0.3, -0.25) is 0 Å². The fourth-order valence-corrected chi connectivity index (χ4v) is 0.349. The van der Waals surface area contributed by atoms with E-state index in [9.17, 15) is 0 Å². The van der Waals surface area contributed by atoms with Crippen LogP contribution in [-0.2, 0) is 4.74 Å². The van der Waals surface area contributed by atoms with Gasteiger partial charge in [-0.25, -0.2) is 0 Å². The number of alkyl halides is 1. The Morgan fingerprint density at radius 1 is 1.43 bits per heavy atom. The van der Waals surface area contributed by atoms with Crippen LogP contribution in [0.1, 0.15) is 0 Å². The van der Waals surface area contributed by atoms with Gasteiger partial charge in [0.25, 0.3) is 0 Å². The summed E-state index contributed by atoms with van der Waals surface area (Å²) in [5.74, 6) is 0.556. The fraction of sp³-hybridized carbons (Fsp3) is 1.00. The van der Waals surface area contributed by atoms with E-state index in [2.05, 4.69) is 0 Å². The van der Waals surface area contributed by atoms with Gasteiger partial charge in [0, 0.05) is 12.4 Å². The fourth-order valence-electron chi connectivity index (χ4n) is 0.240. The highest BCUT2D eigenvalue weighted by molar-refractivity contribution is 6.17. The first-order chi connectivity index (χ1) is 3.41. The predicted octanol–water partition coefficient (Wildman–Crippen LogP) is 0.200. The standard InChI is InChI=1S/C4H10ClNO/c5-1-3-7-4-2-6/h1-4,6H2. The van der Waals surface area contributed by atoms with E-state index < -0.39 is 0 Å². The first-order valence-corrected chi connectivity index (χ1v) is 2.79. The van der Waals surface area contributed by atoms with Gasteiger partial charge in [-0.05, 0) is 0 Å². The van der Waals surface area contributed by atoms with Crippen molar-refractivity contribution in [2.45, 2.75) is 0 Å². The molecule has 0 amide bonds. The number of rotatable bonds is 4. The highest BCUT2D eigenvalue weighted by Gasteiger charge is 1.79. The van der Waals surface area contributed by atoms with Gasteiger partial charge < -0.3 is 10.5 Å². The molecule has 0 spiro atoms. The Balaban J connectivity index is 2.45. The van der Waals surface area contributed by atoms with E-state index in [-0.39, 0.29) is 0 Å². The van der Waals surface area contributed by atoms with Crippen LogP contribution in [-0.4, -0.2) is 25.6 Å². The van der Waals surface area contributed by atoms with E-state index in [1.807, 2.05) is 0 Å². The molecular weight excluding hydrogens is 114 g/mol. The van der Waals surface area contributed by atoms with E-state index >= 15 is 0 Å². The second kappa shape index (κ2) is 6.21. The van der Waals surface area contributed by atoms with Gasteiger partial charge >= 0.3 is 0 Å². The molecule has 0 saturated carbocycles. The Bertz CT molecular complexity index is 30.9. The summed E-state index contributed by atoms with van der Waals surface area (Å²) < 4.78 is 4.88. The summed E-state index contributed by atoms with van der Waals surface area (Å²) in [5, 5.41) is 0. The van der Waals surface area contributed by atoms with Crippen molar-refractivity contribution in [3.8, 4) is 0 Å². The minimum absolute atomic E-state index is 0.556. The predicted molar refractivity (Wildman–Crippen MR) is 30.6 cm³/mol. The van der Waals surface area contributed by atoms with Gasteiger partial charge in [-0.15, -0.1) is 11.6 Å². The lowest BCUT2D eigenvalue weighted by atomic mass is 10.7. The molecule has 0 aliphatic rings. The largest absolute Gasteiger partial charge is 0.379 e. The molecule has 0 atom stereocenters. The SMILES string of the molecule is NCCOCCCl. The van der Waals surface area contributed by atoms with Crippen LogP contribution in [0, 0.1) is 0 Å². The van der Waals surface area contributed by atoms with Crippen LogP contribution >= 0.6 is 11.6 Å². The van der Waals surface area contributed by atoms with E-state index in [1.54, 1.807) is 0 Å². The highest BCUT2D eigenvalue weighted by Crippen LogP contribution is 1.75. The molecule has 0 aromatic heterocycles. The topological polar surface area (TPSA) is 35.2 Å². The van der Waals surface area contributed by atoms with Crippen molar-refractivity contribution in [3.05, 3.63) is 0 Å². The first kappa shape index (κ1) is 7.21. The van der Waals surface area contributed by atoms with Crippen LogP contribution in [0.25, 0.3) is 0 Å². The van der Waals surface area contributed by atoms with Crippen LogP contribution in [0.2, 0.25) is 0 Å².